The fraction of sp³-hybridized carbons (Fsp3) is 0.385. The minimum absolute atomic E-state index is 0.303. The molecule has 0 aliphatic rings. The Kier molecular flexibility index (Phi) is 5.81. The van der Waals surface area contributed by atoms with Crippen molar-refractivity contribution in [1.82, 2.24) is 5.32 Å². The molecule has 0 bridgehead atoms. The predicted molar refractivity (Wildman–Crippen MR) is 65.9 cm³/mol. The van der Waals surface area contributed by atoms with Crippen LogP contribution in [0.2, 0.25) is 0 Å². The molecule has 18 heavy (non-hydrogen) atoms. The maximum Gasteiger partial charge on any atom is 0.217 e. The zero-order valence-corrected chi connectivity index (χ0v) is 10.1. The number of hydrogen-bond acceptors (Lipinski definition) is 3. The highest BCUT2D eigenvalue weighted by Crippen LogP contribution is 2.09. The zero-order chi connectivity index (χ0) is 13.4. The molecule has 0 heterocycles. The number of unbranched alkanes of at least 4 members (excludes halogenated alkanes) is 1. The van der Waals surface area contributed by atoms with Crippen LogP contribution in [0.1, 0.15) is 30.4 Å². The van der Waals surface area contributed by atoms with Crippen molar-refractivity contribution in [3.8, 4) is 6.07 Å². The van der Waals surface area contributed by atoms with Crippen molar-refractivity contribution in [1.29, 1.82) is 5.26 Å². The molecule has 0 aromatic heterocycles. The molecule has 4 nitrogen and oxygen atoms in total. The van der Waals surface area contributed by atoms with Gasteiger partial charge in [-0.2, -0.15) is 5.26 Å². The smallest absolute Gasteiger partial charge is 0.217 e. The molecule has 96 valence electrons. The van der Waals surface area contributed by atoms with Gasteiger partial charge >= 0.3 is 0 Å². The molecule has 1 amide bonds. The van der Waals surface area contributed by atoms with Gasteiger partial charge in [-0.3, -0.25) is 4.79 Å². The van der Waals surface area contributed by atoms with Crippen LogP contribution >= 0.6 is 0 Å². The maximum atomic E-state index is 13.4. The third-order valence-corrected chi connectivity index (χ3v) is 2.52. The van der Waals surface area contributed by atoms with E-state index >= 15 is 0 Å². The number of hydrogen-bond donors (Lipinski definition) is 2. The van der Waals surface area contributed by atoms with Crippen LogP contribution in [-0.4, -0.2) is 12.5 Å². The molecule has 0 spiro atoms. The number of carbonyl (C=O) groups excluding carboxylic acids is 1. The lowest BCUT2D eigenvalue weighted by Crippen LogP contribution is -2.17. The number of rotatable bonds is 7. The number of primary amides is 1. The van der Waals surface area contributed by atoms with Crippen molar-refractivity contribution in [2.24, 2.45) is 5.73 Å². The van der Waals surface area contributed by atoms with Crippen molar-refractivity contribution in [2.75, 3.05) is 6.54 Å². The minimum Gasteiger partial charge on any atom is -0.370 e. The molecule has 0 saturated heterocycles. The molecule has 0 aliphatic carbocycles. The van der Waals surface area contributed by atoms with Gasteiger partial charge in [-0.15, -0.1) is 0 Å². The van der Waals surface area contributed by atoms with Gasteiger partial charge in [-0.1, -0.05) is 0 Å². The molecule has 0 saturated carbocycles. The summed E-state index contributed by atoms with van der Waals surface area (Å²) in [6.07, 6.45) is 1.91. The molecule has 0 atom stereocenters. The van der Waals surface area contributed by atoms with E-state index in [4.69, 9.17) is 11.0 Å². The average Bonchev–Trinajstić information content (AvgIpc) is 2.35. The summed E-state index contributed by atoms with van der Waals surface area (Å²) in [5.74, 6) is -0.624. The van der Waals surface area contributed by atoms with E-state index in [0.29, 0.717) is 30.6 Å². The molecule has 5 heteroatoms. The van der Waals surface area contributed by atoms with Gasteiger partial charge in [0.1, 0.15) is 5.82 Å². The van der Waals surface area contributed by atoms with Crippen molar-refractivity contribution < 1.29 is 9.18 Å². The van der Waals surface area contributed by atoms with Crippen LogP contribution in [0.3, 0.4) is 0 Å². The van der Waals surface area contributed by atoms with Crippen LogP contribution in [0.25, 0.3) is 0 Å². The van der Waals surface area contributed by atoms with Crippen molar-refractivity contribution >= 4 is 5.91 Å². The van der Waals surface area contributed by atoms with Crippen LogP contribution in [0.15, 0.2) is 18.2 Å². The Morgan fingerprint density at radius 3 is 2.89 bits per heavy atom. The Labute approximate surface area is 106 Å². The molecule has 0 unspecified atom stereocenters. The Hall–Kier alpha value is -1.93. The van der Waals surface area contributed by atoms with Gasteiger partial charge < -0.3 is 11.1 Å². The van der Waals surface area contributed by atoms with Gasteiger partial charge in [-0.05, 0) is 37.6 Å². The average molecular weight is 249 g/mol. The van der Waals surface area contributed by atoms with Crippen LogP contribution in [0.4, 0.5) is 4.39 Å². The monoisotopic (exact) mass is 249 g/mol. The van der Waals surface area contributed by atoms with E-state index in [0.717, 1.165) is 12.8 Å². The maximum absolute atomic E-state index is 13.4. The summed E-state index contributed by atoms with van der Waals surface area (Å²) in [6.45, 7) is 1.06. The van der Waals surface area contributed by atoms with Gasteiger partial charge in [0.15, 0.2) is 0 Å². The van der Waals surface area contributed by atoms with Crippen molar-refractivity contribution in [3.05, 3.63) is 35.1 Å². The highest BCUT2D eigenvalue weighted by molar-refractivity contribution is 5.73. The molecule has 1 aromatic rings. The van der Waals surface area contributed by atoms with E-state index in [1.54, 1.807) is 0 Å². The fourth-order valence-corrected chi connectivity index (χ4v) is 1.55. The van der Waals surface area contributed by atoms with E-state index in [1.165, 1.54) is 18.2 Å². The Morgan fingerprint density at radius 2 is 2.22 bits per heavy atom. The molecule has 0 fully saturated rings. The van der Waals surface area contributed by atoms with E-state index in [-0.39, 0.29) is 11.7 Å². The first-order chi connectivity index (χ1) is 8.63. The normalized spacial score (nSPS) is 10.0. The SMILES string of the molecule is N#Cc1ccc(F)c(CNCCCCC(N)=O)c1. The number of nitrogens with zero attached hydrogens (tertiary/aromatic N) is 1. The van der Waals surface area contributed by atoms with Gasteiger partial charge in [0.05, 0.1) is 11.6 Å². The standard InChI is InChI=1S/C13H16FN3O/c14-12-5-4-10(8-15)7-11(12)9-17-6-2-1-3-13(16)18/h4-5,7,17H,1-3,6,9H2,(H2,16,18). The lowest BCUT2D eigenvalue weighted by molar-refractivity contribution is -0.118. The zero-order valence-electron chi connectivity index (χ0n) is 10.1. The topological polar surface area (TPSA) is 78.9 Å². The van der Waals surface area contributed by atoms with Crippen LogP contribution in [0.5, 0.6) is 0 Å². The van der Waals surface area contributed by atoms with Gasteiger partial charge in [0, 0.05) is 18.5 Å². The fourth-order valence-electron chi connectivity index (χ4n) is 1.55. The van der Waals surface area contributed by atoms with Gasteiger partial charge in [0.2, 0.25) is 5.91 Å². The lowest BCUT2D eigenvalue weighted by Gasteiger charge is -2.06. The third kappa shape index (κ3) is 4.93. The second-order valence-corrected chi connectivity index (χ2v) is 4.02. The summed E-state index contributed by atoms with van der Waals surface area (Å²) < 4.78 is 13.4. The lowest BCUT2D eigenvalue weighted by atomic mass is 10.1. The first kappa shape index (κ1) is 14.1. The highest BCUT2D eigenvalue weighted by atomic mass is 19.1. The van der Waals surface area contributed by atoms with Crippen molar-refractivity contribution in [2.45, 2.75) is 25.8 Å². The number of carbonyl (C=O) groups is 1. The Balaban J connectivity index is 2.31. The molecular formula is C13H16FN3O. The van der Waals surface area contributed by atoms with E-state index in [2.05, 4.69) is 5.32 Å². The Bertz CT molecular complexity index is 454. The molecule has 1 aromatic carbocycles. The number of benzene rings is 1. The van der Waals surface area contributed by atoms with E-state index < -0.39 is 0 Å². The van der Waals surface area contributed by atoms with E-state index in [1.807, 2.05) is 6.07 Å². The molecule has 0 aliphatic heterocycles. The highest BCUT2D eigenvalue weighted by Gasteiger charge is 2.03. The molecule has 0 radical (unpaired) electrons. The molecule has 3 N–H and O–H groups in total. The summed E-state index contributed by atoms with van der Waals surface area (Å²) in [5, 5.41) is 11.8. The van der Waals surface area contributed by atoms with Gasteiger partial charge in [-0.25, -0.2) is 4.39 Å². The Morgan fingerprint density at radius 1 is 1.44 bits per heavy atom. The number of amides is 1. The second kappa shape index (κ2) is 7.41. The minimum atomic E-state index is -0.321. The molecule has 1 rings (SSSR count). The van der Waals surface area contributed by atoms with Crippen molar-refractivity contribution in [3.63, 3.8) is 0 Å². The second-order valence-electron chi connectivity index (χ2n) is 4.02. The van der Waals surface area contributed by atoms with Crippen LogP contribution in [0, 0.1) is 17.1 Å². The first-order valence-corrected chi connectivity index (χ1v) is 5.81. The summed E-state index contributed by atoms with van der Waals surface area (Å²) in [6, 6.07) is 6.25. The van der Waals surface area contributed by atoms with Crippen LogP contribution < -0.4 is 11.1 Å². The number of nitrogens with one attached hydrogen (secondary N) is 1. The first-order valence-electron chi connectivity index (χ1n) is 5.81. The van der Waals surface area contributed by atoms with Gasteiger partial charge in [0.25, 0.3) is 0 Å². The number of halogens is 1. The summed E-state index contributed by atoms with van der Waals surface area (Å²) in [4.78, 5) is 10.5. The third-order valence-electron chi connectivity index (χ3n) is 2.52. The summed E-state index contributed by atoms with van der Waals surface area (Å²) in [5.41, 5.74) is 5.93. The number of nitrogens with two attached hydrogens (primary N) is 1. The largest absolute Gasteiger partial charge is 0.370 e. The quantitative estimate of drug-likeness (QED) is 0.718. The van der Waals surface area contributed by atoms with Crippen LogP contribution in [-0.2, 0) is 11.3 Å². The molecular weight excluding hydrogens is 233 g/mol. The summed E-state index contributed by atoms with van der Waals surface area (Å²) in [7, 11) is 0. The van der Waals surface area contributed by atoms with E-state index in [9.17, 15) is 9.18 Å². The number of nitriles is 1. The predicted octanol–water partition coefficient (Wildman–Crippen LogP) is 1.44. The summed E-state index contributed by atoms with van der Waals surface area (Å²) >= 11 is 0.